The molecule has 1 fully saturated rings. The number of amides is 1. The van der Waals surface area contributed by atoms with Crippen molar-refractivity contribution in [2.45, 2.75) is 13.0 Å². The number of aromatic nitrogens is 1. The van der Waals surface area contributed by atoms with Crippen LogP contribution in [0.1, 0.15) is 6.92 Å². The van der Waals surface area contributed by atoms with Gasteiger partial charge in [-0.15, -0.1) is 24.8 Å². The standard InChI is InChI=1S/C15H25N5O.2ClH/c1-13(16-2)11-18-15(21)12-19-7-9-20(10-8-19)14-5-3-4-6-17-14;;/h3-6,13,16H,7-12H2,1-2H3,(H,18,21);2*1H. The molecule has 2 N–H and O–H groups in total. The highest BCUT2D eigenvalue weighted by Crippen LogP contribution is 2.12. The van der Waals surface area contributed by atoms with Gasteiger partial charge in [0.2, 0.25) is 5.91 Å². The summed E-state index contributed by atoms with van der Waals surface area (Å²) in [6, 6.07) is 6.26. The van der Waals surface area contributed by atoms with Crippen LogP contribution in [0, 0.1) is 0 Å². The molecule has 1 saturated heterocycles. The van der Waals surface area contributed by atoms with Gasteiger partial charge in [0, 0.05) is 45.0 Å². The van der Waals surface area contributed by atoms with Crippen molar-refractivity contribution in [3.63, 3.8) is 0 Å². The van der Waals surface area contributed by atoms with Gasteiger partial charge in [-0.25, -0.2) is 4.98 Å². The second kappa shape index (κ2) is 11.5. The number of carbonyl (C=O) groups excluding carboxylic acids is 1. The lowest BCUT2D eigenvalue weighted by Gasteiger charge is -2.35. The van der Waals surface area contributed by atoms with E-state index < -0.39 is 0 Å². The Labute approximate surface area is 150 Å². The Balaban J connectivity index is 0.00000242. The lowest BCUT2D eigenvalue weighted by Crippen LogP contribution is -2.50. The molecule has 1 aromatic heterocycles. The van der Waals surface area contributed by atoms with Crippen LogP contribution in [0.2, 0.25) is 0 Å². The summed E-state index contributed by atoms with van der Waals surface area (Å²) in [5.74, 6) is 1.12. The summed E-state index contributed by atoms with van der Waals surface area (Å²) < 4.78 is 0. The maximum atomic E-state index is 11.9. The number of pyridine rings is 1. The maximum absolute atomic E-state index is 11.9. The Bertz CT molecular complexity index is 441. The minimum atomic E-state index is 0. The maximum Gasteiger partial charge on any atom is 0.234 e. The average molecular weight is 364 g/mol. The zero-order valence-corrected chi connectivity index (χ0v) is 15.3. The number of carbonyl (C=O) groups is 1. The van der Waals surface area contributed by atoms with Crippen molar-refractivity contribution in [1.82, 2.24) is 20.5 Å². The molecule has 1 aliphatic rings. The third-order valence-electron chi connectivity index (χ3n) is 3.81. The van der Waals surface area contributed by atoms with Crippen molar-refractivity contribution in [2.24, 2.45) is 0 Å². The van der Waals surface area contributed by atoms with E-state index in [1.54, 1.807) is 0 Å². The molecule has 0 spiro atoms. The molecule has 8 heteroatoms. The Kier molecular flexibility index (Phi) is 10.9. The molecule has 1 aromatic rings. The summed E-state index contributed by atoms with van der Waals surface area (Å²) in [6.07, 6.45) is 1.82. The summed E-state index contributed by atoms with van der Waals surface area (Å²) in [4.78, 5) is 20.7. The van der Waals surface area contributed by atoms with E-state index in [-0.39, 0.29) is 30.7 Å². The van der Waals surface area contributed by atoms with Crippen LogP contribution in [-0.4, -0.2) is 68.1 Å². The van der Waals surface area contributed by atoms with Gasteiger partial charge in [-0.1, -0.05) is 6.07 Å². The van der Waals surface area contributed by atoms with Gasteiger partial charge in [-0.05, 0) is 26.1 Å². The first-order chi connectivity index (χ1) is 10.2. The van der Waals surface area contributed by atoms with Crippen LogP contribution in [0.5, 0.6) is 0 Å². The second-order valence-electron chi connectivity index (χ2n) is 5.44. The summed E-state index contributed by atoms with van der Waals surface area (Å²) >= 11 is 0. The molecule has 1 atom stereocenters. The number of nitrogens with one attached hydrogen (secondary N) is 2. The summed E-state index contributed by atoms with van der Waals surface area (Å²) in [5, 5.41) is 6.06. The number of piperazine rings is 1. The van der Waals surface area contributed by atoms with Crippen LogP contribution >= 0.6 is 24.8 Å². The van der Waals surface area contributed by atoms with E-state index >= 15 is 0 Å². The highest BCUT2D eigenvalue weighted by atomic mass is 35.5. The zero-order valence-electron chi connectivity index (χ0n) is 13.7. The molecule has 0 saturated carbocycles. The van der Waals surface area contributed by atoms with Crippen molar-refractivity contribution < 1.29 is 4.79 Å². The van der Waals surface area contributed by atoms with Crippen LogP contribution in [0.3, 0.4) is 0 Å². The predicted molar refractivity (Wildman–Crippen MR) is 98.9 cm³/mol. The van der Waals surface area contributed by atoms with E-state index in [0.717, 1.165) is 32.0 Å². The Morgan fingerprint density at radius 3 is 2.52 bits per heavy atom. The second-order valence-corrected chi connectivity index (χ2v) is 5.44. The van der Waals surface area contributed by atoms with Crippen LogP contribution < -0.4 is 15.5 Å². The molecule has 6 nitrogen and oxygen atoms in total. The molecular weight excluding hydrogens is 337 g/mol. The molecule has 1 unspecified atom stereocenters. The molecule has 1 amide bonds. The van der Waals surface area contributed by atoms with E-state index in [1.807, 2.05) is 38.4 Å². The molecule has 23 heavy (non-hydrogen) atoms. The normalized spacial score (nSPS) is 16.0. The number of rotatable bonds is 6. The number of nitrogens with zero attached hydrogens (tertiary/aromatic N) is 3. The fourth-order valence-corrected chi connectivity index (χ4v) is 2.30. The minimum absolute atomic E-state index is 0. The zero-order chi connectivity index (χ0) is 15.1. The molecule has 0 aliphatic carbocycles. The van der Waals surface area contributed by atoms with Crippen molar-refractivity contribution in [2.75, 3.05) is 51.2 Å². The Hall–Kier alpha value is -1.08. The van der Waals surface area contributed by atoms with Gasteiger partial charge in [-0.3, -0.25) is 9.69 Å². The van der Waals surface area contributed by atoms with E-state index in [9.17, 15) is 4.79 Å². The largest absolute Gasteiger partial charge is 0.354 e. The average Bonchev–Trinajstić information content (AvgIpc) is 2.54. The van der Waals surface area contributed by atoms with Gasteiger partial charge in [0.25, 0.3) is 0 Å². The number of anilines is 1. The number of halogens is 2. The van der Waals surface area contributed by atoms with Crippen LogP contribution in [0.15, 0.2) is 24.4 Å². The summed E-state index contributed by atoms with van der Waals surface area (Å²) in [7, 11) is 1.90. The van der Waals surface area contributed by atoms with Gasteiger partial charge in [-0.2, -0.15) is 0 Å². The van der Waals surface area contributed by atoms with Crippen molar-refractivity contribution >= 4 is 36.5 Å². The molecule has 0 aromatic carbocycles. The number of hydrogen-bond donors (Lipinski definition) is 2. The van der Waals surface area contributed by atoms with Crippen LogP contribution in [0.25, 0.3) is 0 Å². The lowest BCUT2D eigenvalue weighted by atomic mass is 10.3. The minimum Gasteiger partial charge on any atom is -0.354 e. The van der Waals surface area contributed by atoms with Gasteiger partial charge < -0.3 is 15.5 Å². The third-order valence-corrected chi connectivity index (χ3v) is 3.81. The molecule has 2 heterocycles. The molecule has 0 radical (unpaired) electrons. The molecule has 0 bridgehead atoms. The molecule has 2 rings (SSSR count). The number of likely N-dealkylation sites (N-methyl/N-ethyl adjacent to an activating group) is 1. The summed E-state index contributed by atoms with van der Waals surface area (Å²) in [6.45, 7) is 6.81. The van der Waals surface area contributed by atoms with E-state index in [0.29, 0.717) is 19.1 Å². The van der Waals surface area contributed by atoms with Crippen molar-refractivity contribution in [3.05, 3.63) is 24.4 Å². The van der Waals surface area contributed by atoms with E-state index in [2.05, 4.69) is 25.4 Å². The highest BCUT2D eigenvalue weighted by molar-refractivity contribution is 5.85. The smallest absolute Gasteiger partial charge is 0.234 e. The van der Waals surface area contributed by atoms with Crippen LogP contribution in [-0.2, 0) is 4.79 Å². The monoisotopic (exact) mass is 363 g/mol. The fourth-order valence-electron chi connectivity index (χ4n) is 2.30. The topological polar surface area (TPSA) is 60.5 Å². The molecular formula is C15H27Cl2N5O. The van der Waals surface area contributed by atoms with Crippen molar-refractivity contribution in [1.29, 1.82) is 0 Å². The van der Waals surface area contributed by atoms with E-state index in [4.69, 9.17) is 0 Å². The third kappa shape index (κ3) is 7.35. The fraction of sp³-hybridized carbons (Fsp3) is 0.600. The SMILES string of the molecule is CNC(C)CNC(=O)CN1CCN(c2ccccn2)CC1.Cl.Cl. The lowest BCUT2D eigenvalue weighted by molar-refractivity contribution is -0.122. The molecule has 132 valence electrons. The quantitative estimate of drug-likeness (QED) is 0.781. The van der Waals surface area contributed by atoms with E-state index in [1.165, 1.54) is 0 Å². The highest BCUT2D eigenvalue weighted by Gasteiger charge is 2.19. The first-order valence-corrected chi connectivity index (χ1v) is 7.51. The Morgan fingerprint density at radius 2 is 1.96 bits per heavy atom. The number of hydrogen-bond acceptors (Lipinski definition) is 5. The summed E-state index contributed by atoms with van der Waals surface area (Å²) in [5.41, 5.74) is 0. The first kappa shape index (κ1) is 21.9. The van der Waals surface area contributed by atoms with Crippen molar-refractivity contribution in [3.8, 4) is 0 Å². The van der Waals surface area contributed by atoms with Crippen LogP contribution in [0.4, 0.5) is 5.82 Å². The Morgan fingerprint density at radius 1 is 1.26 bits per heavy atom. The molecule has 1 aliphatic heterocycles. The van der Waals surface area contributed by atoms with Gasteiger partial charge >= 0.3 is 0 Å². The van der Waals surface area contributed by atoms with Gasteiger partial charge in [0.1, 0.15) is 5.82 Å². The van der Waals surface area contributed by atoms with Gasteiger partial charge in [0.05, 0.1) is 6.54 Å². The van der Waals surface area contributed by atoms with Gasteiger partial charge in [0.15, 0.2) is 0 Å². The first-order valence-electron chi connectivity index (χ1n) is 7.51. The predicted octanol–water partition coefficient (Wildman–Crippen LogP) is 0.771.